The molecule has 1 amide bonds. The Morgan fingerprint density at radius 2 is 2.03 bits per heavy atom. The molecule has 8 nitrogen and oxygen atoms in total. The topological polar surface area (TPSA) is 93.2 Å². The number of aliphatic hydroxyl groups excluding tert-OH is 1. The Kier molecular flexibility index (Phi) is 5.06. The number of carbonyl (C=O) groups is 1. The van der Waals surface area contributed by atoms with Crippen molar-refractivity contribution in [3.63, 3.8) is 0 Å². The van der Waals surface area contributed by atoms with E-state index in [1.165, 1.54) is 12.1 Å². The number of anilines is 2. The maximum atomic E-state index is 13.4. The minimum atomic E-state index is -3.76. The van der Waals surface area contributed by atoms with E-state index in [0.717, 1.165) is 6.42 Å². The molecule has 2 aromatic rings. The van der Waals surface area contributed by atoms with Gasteiger partial charge in [-0.25, -0.2) is 4.98 Å². The van der Waals surface area contributed by atoms with E-state index in [4.69, 9.17) is 16.3 Å². The Hall–Kier alpha value is -2.85. The summed E-state index contributed by atoms with van der Waals surface area (Å²) >= 11 is 6.06. The molecule has 0 aliphatic carbocycles. The number of benzene rings is 1. The number of pyridine rings is 1. The number of amides is 1. The van der Waals surface area contributed by atoms with Crippen molar-refractivity contribution in [1.29, 1.82) is 0 Å². The summed E-state index contributed by atoms with van der Waals surface area (Å²) in [7, 11) is 0. The third kappa shape index (κ3) is 3.71. The van der Waals surface area contributed by atoms with Crippen LogP contribution in [0.2, 0.25) is 0 Å². The second-order valence-electron chi connectivity index (χ2n) is 8.88. The third-order valence-corrected chi connectivity index (χ3v) is 7.04. The average molecular weight is 482 g/mol. The third-order valence-electron chi connectivity index (χ3n) is 6.47. The number of nitrogens with zero attached hydrogens (tertiary/aromatic N) is 2. The highest BCUT2D eigenvalue weighted by Gasteiger charge is 2.49. The molecule has 2 N–H and O–H groups in total. The fourth-order valence-electron chi connectivity index (χ4n) is 4.35. The van der Waals surface area contributed by atoms with E-state index in [-0.39, 0.29) is 35.9 Å². The molecule has 4 heterocycles. The average Bonchev–Trinajstić information content (AvgIpc) is 3.45. The molecule has 3 aliphatic rings. The monoisotopic (exact) mass is 481 g/mol. The summed E-state index contributed by atoms with van der Waals surface area (Å²) in [5, 5.41) is 12.5. The van der Waals surface area contributed by atoms with Crippen LogP contribution in [0.25, 0.3) is 0 Å². The van der Waals surface area contributed by atoms with E-state index in [9.17, 15) is 18.7 Å². The highest BCUT2D eigenvalue weighted by molar-refractivity contribution is 6.18. The van der Waals surface area contributed by atoms with Gasteiger partial charge in [0, 0.05) is 36.0 Å². The van der Waals surface area contributed by atoms with Crippen LogP contribution in [0.4, 0.5) is 20.4 Å². The van der Waals surface area contributed by atoms with Gasteiger partial charge in [0.2, 0.25) is 5.91 Å². The normalized spacial score (nSPS) is 26.8. The van der Waals surface area contributed by atoms with Crippen LogP contribution in [-0.4, -0.2) is 54.5 Å². The Labute approximate surface area is 193 Å². The maximum absolute atomic E-state index is 13.4. The molecule has 0 spiro atoms. The summed E-state index contributed by atoms with van der Waals surface area (Å²) in [5.41, 5.74) is -1.10. The van der Waals surface area contributed by atoms with Crippen LogP contribution >= 0.6 is 11.6 Å². The van der Waals surface area contributed by atoms with Crippen molar-refractivity contribution in [1.82, 2.24) is 4.98 Å². The molecule has 1 fully saturated rings. The van der Waals surface area contributed by atoms with Crippen LogP contribution in [0.15, 0.2) is 30.3 Å². The zero-order valence-electron chi connectivity index (χ0n) is 17.7. The van der Waals surface area contributed by atoms with Crippen LogP contribution < -0.4 is 24.4 Å². The van der Waals surface area contributed by atoms with Crippen LogP contribution in [-0.2, 0) is 10.2 Å². The van der Waals surface area contributed by atoms with E-state index in [2.05, 4.69) is 19.8 Å². The zero-order chi connectivity index (χ0) is 23.4. The molecule has 33 heavy (non-hydrogen) atoms. The van der Waals surface area contributed by atoms with Gasteiger partial charge in [0.1, 0.15) is 29.4 Å². The lowest BCUT2D eigenvalue weighted by Gasteiger charge is -2.25. The Balaban J connectivity index is 1.35. The van der Waals surface area contributed by atoms with Gasteiger partial charge in [0.15, 0.2) is 11.5 Å². The molecule has 11 heteroatoms. The molecular formula is C22H22ClF2N3O5. The molecule has 1 saturated heterocycles. The van der Waals surface area contributed by atoms with Crippen molar-refractivity contribution in [3.05, 3.63) is 35.9 Å². The lowest BCUT2D eigenvalue weighted by Crippen LogP contribution is -2.39. The molecule has 176 valence electrons. The van der Waals surface area contributed by atoms with Crippen molar-refractivity contribution in [2.24, 2.45) is 5.41 Å². The number of rotatable bonds is 5. The van der Waals surface area contributed by atoms with Crippen molar-refractivity contribution in [2.45, 2.75) is 25.1 Å². The molecule has 3 aliphatic heterocycles. The number of aliphatic hydroxyl groups is 1. The minimum absolute atomic E-state index is 0.00835. The molecule has 1 unspecified atom stereocenters. The highest BCUT2D eigenvalue weighted by atomic mass is 35.5. The first-order valence-electron chi connectivity index (χ1n) is 10.4. The highest BCUT2D eigenvalue weighted by Crippen LogP contribution is 2.50. The number of carbonyl (C=O) groups excluding carboxylic acids is 1. The number of aromatic nitrogens is 1. The molecule has 0 saturated carbocycles. The molecule has 5 rings (SSSR count). The Morgan fingerprint density at radius 3 is 2.73 bits per heavy atom. The first-order chi connectivity index (χ1) is 15.7. The smallest absolute Gasteiger partial charge is 0.492 e. The number of ether oxygens (including phenoxy) is 3. The maximum Gasteiger partial charge on any atom is 0.586 e. The first kappa shape index (κ1) is 22.0. The van der Waals surface area contributed by atoms with Crippen molar-refractivity contribution < 1.29 is 32.9 Å². The van der Waals surface area contributed by atoms with Gasteiger partial charge in [-0.1, -0.05) is 6.07 Å². The summed E-state index contributed by atoms with van der Waals surface area (Å²) in [6.07, 6.45) is -3.01. The number of nitrogens with one attached hydrogen (secondary N) is 1. The van der Waals surface area contributed by atoms with Gasteiger partial charge in [-0.2, -0.15) is 0 Å². The number of alkyl halides is 3. The molecule has 0 bridgehead atoms. The van der Waals surface area contributed by atoms with Crippen molar-refractivity contribution >= 4 is 29.1 Å². The molecule has 2 atom stereocenters. The number of hydrogen-bond donors (Lipinski definition) is 2. The quantitative estimate of drug-likeness (QED) is 0.634. The SMILES string of the molecule is C[C@]1(C(=O)Nc2cccc(N3CCC(CO)(CCl)C3)n2)COc2cc3c(cc21)OC(F)(F)O3. The van der Waals surface area contributed by atoms with Gasteiger partial charge in [0.25, 0.3) is 0 Å². The van der Waals surface area contributed by atoms with E-state index in [1.807, 2.05) is 11.0 Å². The minimum Gasteiger partial charge on any atom is -0.492 e. The molecule has 0 radical (unpaired) electrons. The predicted octanol–water partition coefficient (Wildman–Crippen LogP) is 3.12. The van der Waals surface area contributed by atoms with Gasteiger partial charge in [0.05, 0.1) is 6.61 Å². The zero-order valence-corrected chi connectivity index (χ0v) is 18.5. The van der Waals surface area contributed by atoms with Crippen LogP contribution in [0.5, 0.6) is 17.2 Å². The first-order valence-corrected chi connectivity index (χ1v) is 11.0. The molecule has 1 aromatic carbocycles. The lowest BCUT2D eigenvalue weighted by molar-refractivity contribution is -0.286. The van der Waals surface area contributed by atoms with E-state index in [1.54, 1.807) is 19.1 Å². The van der Waals surface area contributed by atoms with Gasteiger partial charge >= 0.3 is 6.29 Å². The van der Waals surface area contributed by atoms with E-state index in [0.29, 0.717) is 36.2 Å². The molecular weight excluding hydrogens is 460 g/mol. The standard InChI is InChI=1S/C22H22ClF2N3O5/c1-20(12-31-14-8-16-15(7-13(14)20)32-22(24,25)33-16)19(30)27-17-3-2-4-18(26-17)28-6-5-21(9-23,10-28)11-29/h2-4,7-8,29H,5-6,9-12H2,1H3,(H,26,27,30)/t20-,21?/m0/s1. The summed E-state index contributed by atoms with van der Waals surface area (Å²) in [5.74, 6) is 0.942. The number of fused-ring (bicyclic) bond motifs is 2. The Morgan fingerprint density at radius 1 is 1.27 bits per heavy atom. The fraction of sp³-hybridized carbons (Fsp3) is 0.455. The van der Waals surface area contributed by atoms with Crippen molar-refractivity contribution in [2.75, 3.05) is 42.4 Å². The van der Waals surface area contributed by atoms with Crippen LogP contribution in [0.1, 0.15) is 18.9 Å². The summed E-state index contributed by atoms with van der Waals surface area (Å²) in [4.78, 5) is 19.8. The van der Waals surface area contributed by atoms with Gasteiger partial charge < -0.3 is 29.5 Å². The second-order valence-corrected chi connectivity index (χ2v) is 9.15. The van der Waals surface area contributed by atoms with Crippen LogP contribution in [0.3, 0.4) is 0 Å². The Bertz CT molecular complexity index is 1110. The van der Waals surface area contributed by atoms with Gasteiger partial charge in [-0.3, -0.25) is 4.79 Å². The summed E-state index contributed by atoms with van der Waals surface area (Å²) in [6, 6.07) is 7.93. The molecule has 1 aromatic heterocycles. The second kappa shape index (κ2) is 7.59. The van der Waals surface area contributed by atoms with Gasteiger partial charge in [-0.15, -0.1) is 20.4 Å². The largest absolute Gasteiger partial charge is 0.586 e. The van der Waals surface area contributed by atoms with E-state index < -0.39 is 17.6 Å². The van der Waals surface area contributed by atoms with Crippen molar-refractivity contribution in [3.8, 4) is 17.2 Å². The van der Waals surface area contributed by atoms with E-state index >= 15 is 0 Å². The summed E-state index contributed by atoms with van der Waals surface area (Å²) < 4.78 is 41.5. The lowest BCUT2D eigenvalue weighted by atomic mass is 9.83. The van der Waals surface area contributed by atoms with Crippen LogP contribution in [0, 0.1) is 5.41 Å². The predicted molar refractivity (Wildman–Crippen MR) is 115 cm³/mol. The fourth-order valence-corrected chi connectivity index (χ4v) is 4.65. The van der Waals surface area contributed by atoms with Gasteiger partial charge in [-0.05, 0) is 31.5 Å². The number of halogens is 3. The number of hydrogen-bond acceptors (Lipinski definition) is 7. The summed E-state index contributed by atoms with van der Waals surface area (Å²) in [6.45, 7) is 2.93.